The van der Waals surface area contributed by atoms with Gasteiger partial charge in [0.25, 0.3) is 0 Å². The second-order valence-electron chi connectivity index (χ2n) is 19.5. The van der Waals surface area contributed by atoms with Crippen LogP contribution in [0.4, 0.5) is 4.79 Å². The molecule has 0 spiro atoms. The van der Waals surface area contributed by atoms with Crippen LogP contribution in [0.1, 0.15) is 131 Å². The number of carbonyl (C=O) groups excluding carboxylic acids is 4. The molecule has 4 aliphatic rings. The molecule has 0 radical (unpaired) electrons. The second kappa shape index (κ2) is 23.1. The smallest absolute Gasteiger partial charge is 0.407 e. The van der Waals surface area contributed by atoms with E-state index in [9.17, 15) is 29.4 Å². The fourth-order valence-corrected chi connectivity index (χ4v) is 11.4. The molecule has 0 aromatic rings. The van der Waals surface area contributed by atoms with Crippen molar-refractivity contribution in [1.29, 1.82) is 0 Å². The Bertz CT molecular complexity index is 1340. The molecule has 14 heteroatoms. The van der Waals surface area contributed by atoms with E-state index < -0.39 is 23.7 Å². The van der Waals surface area contributed by atoms with Crippen molar-refractivity contribution in [2.45, 2.75) is 155 Å². The van der Waals surface area contributed by atoms with E-state index in [1.165, 1.54) is 7.11 Å². The van der Waals surface area contributed by atoms with E-state index in [2.05, 4.69) is 36.7 Å². The third kappa shape index (κ3) is 14.3. The number of rotatable bonds is 23. The fraction of sp³-hybridized carbons (Fsp3) is 0.911. The normalized spacial score (nSPS) is 31.2. The lowest BCUT2D eigenvalue weighted by Gasteiger charge is -2.62. The lowest BCUT2D eigenvalue weighted by atomic mass is 9.43. The number of esters is 1. The van der Waals surface area contributed by atoms with Crippen LogP contribution < -0.4 is 16.0 Å². The zero-order valence-corrected chi connectivity index (χ0v) is 37.3. The second-order valence-corrected chi connectivity index (χ2v) is 19.5. The molecule has 11 atom stereocenters. The van der Waals surface area contributed by atoms with Crippen LogP contribution in [0.5, 0.6) is 0 Å². The van der Waals surface area contributed by atoms with Gasteiger partial charge >= 0.3 is 12.1 Å². The summed E-state index contributed by atoms with van der Waals surface area (Å²) in [5.41, 5.74) is -0.194. The number of hydrogen-bond acceptors (Lipinski definition) is 11. The van der Waals surface area contributed by atoms with Crippen molar-refractivity contribution in [3.05, 3.63) is 0 Å². The average Bonchev–Trinajstić information content (AvgIpc) is 3.53. The van der Waals surface area contributed by atoms with Gasteiger partial charge in [-0.05, 0) is 144 Å². The van der Waals surface area contributed by atoms with Gasteiger partial charge in [0.2, 0.25) is 11.8 Å². The third-order valence-corrected chi connectivity index (χ3v) is 14.4. The molecule has 59 heavy (non-hydrogen) atoms. The highest BCUT2D eigenvalue weighted by Crippen LogP contribution is 2.68. The molecule has 0 aromatic carbocycles. The standard InChI is InChI=1S/C45H79N3O11/c1-30(33-12-13-34-40-35(16-19-45(33,34)6)44(5)18-15-32(49)28-31(44)29-37(40)50)11-14-39(52)48-36(41(53)55-7)10-8-9-20-46-38(51)17-22-56-24-26-58-27-25-57-23-21-47-42(54)59-43(2,3)4/h30-37,40,49-50H,8-29H2,1-7H3,(H,46,51)(H,47,54)(H,48,52)/t30-,31?,32-,33?,34?,35?,36+,37+,40?,44+,45-/m1/s1. The number of unbranched alkanes of at least 4 members (excludes halogenated alkanes) is 1. The van der Waals surface area contributed by atoms with Gasteiger partial charge in [-0.15, -0.1) is 0 Å². The van der Waals surface area contributed by atoms with Crippen molar-refractivity contribution in [3.63, 3.8) is 0 Å². The third-order valence-electron chi connectivity index (χ3n) is 14.4. The van der Waals surface area contributed by atoms with E-state index in [1.807, 2.05) is 0 Å². The SMILES string of the molecule is COC(=O)[C@H](CCCCNC(=O)CCOCCOCCOCCNC(=O)OC(C)(C)C)NC(=O)CC[C@@H](C)C1CCC2C3C(CC[C@@]21C)[C@@]1(C)CC[C@@H](O)CC1C[C@@H]3O. The summed E-state index contributed by atoms with van der Waals surface area (Å²) in [7, 11) is 1.33. The first-order valence-corrected chi connectivity index (χ1v) is 22.7. The van der Waals surface area contributed by atoms with Crippen molar-refractivity contribution in [3.8, 4) is 0 Å². The van der Waals surface area contributed by atoms with E-state index in [0.717, 1.165) is 57.8 Å². The zero-order chi connectivity index (χ0) is 43.2. The maximum Gasteiger partial charge on any atom is 0.407 e. The summed E-state index contributed by atoms with van der Waals surface area (Å²) in [6.45, 7) is 15.5. The lowest BCUT2D eigenvalue weighted by molar-refractivity contribution is -0.174. The van der Waals surface area contributed by atoms with Gasteiger partial charge in [0.05, 0.1) is 59.0 Å². The van der Waals surface area contributed by atoms with Gasteiger partial charge < -0.3 is 49.8 Å². The molecular formula is C45H79N3O11. The highest BCUT2D eigenvalue weighted by molar-refractivity contribution is 5.84. The van der Waals surface area contributed by atoms with Gasteiger partial charge in [0.15, 0.2) is 0 Å². The monoisotopic (exact) mass is 838 g/mol. The maximum absolute atomic E-state index is 13.2. The number of amides is 3. The number of aliphatic hydroxyl groups excluding tert-OH is 2. The van der Waals surface area contributed by atoms with Crippen molar-refractivity contribution < 1.29 is 53.1 Å². The average molecular weight is 838 g/mol. The molecule has 5 unspecified atom stereocenters. The Morgan fingerprint density at radius 2 is 1.41 bits per heavy atom. The Balaban J connectivity index is 1.05. The summed E-state index contributed by atoms with van der Waals surface area (Å²) >= 11 is 0. The number of carbonyl (C=O) groups is 4. The molecule has 4 fully saturated rings. The summed E-state index contributed by atoms with van der Waals surface area (Å²) < 4.78 is 26.5. The van der Waals surface area contributed by atoms with Crippen molar-refractivity contribution in [2.24, 2.45) is 46.3 Å². The molecule has 4 aliphatic carbocycles. The minimum Gasteiger partial charge on any atom is -0.467 e. The molecule has 0 heterocycles. The Morgan fingerprint density at radius 3 is 2.10 bits per heavy atom. The number of alkyl carbamates (subject to hydrolysis) is 1. The zero-order valence-electron chi connectivity index (χ0n) is 37.3. The Labute approximate surface area is 353 Å². The molecule has 3 amide bonds. The quantitative estimate of drug-likeness (QED) is 0.0663. The Kier molecular flexibility index (Phi) is 19.2. The number of aliphatic hydroxyl groups is 2. The predicted octanol–water partition coefficient (Wildman–Crippen LogP) is 5.30. The van der Waals surface area contributed by atoms with Crippen LogP contribution in [0, 0.1) is 46.3 Å². The Morgan fingerprint density at radius 1 is 0.746 bits per heavy atom. The number of ether oxygens (including phenoxy) is 5. The molecule has 0 aromatic heterocycles. The topological polar surface area (TPSA) is 191 Å². The van der Waals surface area contributed by atoms with E-state index in [-0.39, 0.29) is 47.9 Å². The Hall–Kier alpha value is -2.52. The van der Waals surface area contributed by atoms with Gasteiger partial charge in [-0.25, -0.2) is 9.59 Å². The summed E-state index contributed by atoms with van der Waals surface area (Å²) in [5.74, 6) is 1.83. The van der Waals surface area contributed by atoms with E-state index in [0.29, 0.717) is 107 Å². The maximum atomic E-state index is 13.2. The molecule has 0 saturated heterocycles. The molecule has 340 valence electrons. The van der Waals surface area contributed by atoms with Crippen LogP contribution in [0.3, 0.4) is 0 Å². The van der Waals surface area contributed by atoms with Gasteiger partial charge in [-0.1, -0.05) is 20.8 Å². The largest absolute Gasteiger partial charge is 0.467 e. The van der Waals surface area contributed by atoms with Gasteiger partial charge in [0.1, 0.15) is 11.6 Å². The number of nitrogens with one attached hydrogen (secondary N) is 3. The minimum absolute atomic E-state index is 0.121. The van der Waals surface area contributed by atoms with Crippen LogP contribution in [0.15, 0.2) is 0 Å². The van der Waals surface area contributed by atoms with Crippen LogP contribution in [0.25, 0.3) is 0 Å². The van der Waals surface area contributed by atoms with Crippen molar-refractivity contribution in [1.82, 2.24) is 16.0 Å². The van der Waals surface area contributed by atoms with E-state index in [4.69, 9.17) is 23.7 Å². The lowest BCUT2D eigenvalue weighted by Crippen LogP contribution is -2.58. The predicted molar refractivity (Wildman–Crippen MR) is 223 cm³/mol. The van der Waals surface area contributed by atoms with Crippen molar-refractivity contribution in [2.75, 3.05) is 59.8 Å². The first-order valence-electron chi connectivity index (χ1n) is 22.7. The van der Waals surface area contributed by atoms with Crippen LogP contribution in [-0.2, 0) is 38.1 Å². The van der Waals surface area contributed by atoms with Gasteiger partial charge in [-0.3, -0.25) is 9.59 Å². The van der Waals surface area contributed by atoms with Crippen LogP contribution in [-0.4, -0.2) is 118 Å². The van der Waals surface area contributed by atoms with Crippen molar-refractivity contribution >= 4 is 23.9 Å². The number of hydrogen-bond donors (Lipinski definition) is 5. The molecule has 5 N–H and O–H groups in total. The summed E-state index contributed by atoms with van der Waals surface area (Å²) in [5, 5.41) is 30.4. The van der Waals surface area contributed by atoms with E-state index >= 15 is 0 Å². The summed E-state index contributed by atoms with van der Waals surface area (Å²) in [4.78, 5) is 49.6. The summed E-state index contributed by atoms with van der Waals surface area (Å²) in [6, 6.07) is -0.732. The van der Waals surface area contributed by atoms with E-state index in [1.54, 1.807) is 20.8 Å². The molecule has 0 bridgehead atoms. The summed E-state index contributed by atoms with van der Waals surface area (Å²) in [6.07, 6.45) is 10.1. The first-order chi connectivity index (χ1) is 28.0. The molecule has 14 nitrogen and oxygen atoms in total. The van der Waals surface area contributed by atoms with Gasteiger partial charge in [0, 0.05) is 25.9 Å². The molecular weight excluding hydrogens is 759 g/mol. The number of fused-ring (bicyclic) bond motifs is 5. The highest BCUT2D eigenvalue weighted by atomic mass is 16.6. The van der Waals surface area contributed by atoms with Gasteiger partial charge in [-0.2, -0.15) is 0 Å². The first kappa shape index (κ1) is 49.1. The molecule has 4 saturated carbocycles. The highest BCUT2D eigenvalue weighted by Gasteiger charge is 2.62. The minimum atomic E-state index is -0.732. The van der Waals surface area contributed by atoms with Crippen LogP contribution >= 0.6 is 0 Å². The van der Waals surface area contributed by atoms with Crippen LogP contribution in [0.2, 0.25) is 0 Å². The molecule has 4 rings (SSSR count). The molecule has 0 aliphatic heterocycles. The number of methoxy groups -OCH3 is 1. The fourth-order valence-electron chi connectivity index (χ4n) is 11.4.